The van der Waals surface area contributed by atoms with Gasteiger partial charge in [0.15, 0.2) is 0 Å². The lowest BCUT2D eigenvalue weighted by atomic mass is 9.99. The van der Waals surface area contributed by atoms with Crippen LogP contribution in [0.25, 0.3) is 0 Å². The van der Waals surface area contributed by atoms with Gasteiger partial charge >= 0.3 is 5.97 Å². The Bertz CT molecular complexity index is 515. The van der Waals surface area contributed by atoms with Crippen LogP contribution >= 0.6 is 23.2 Å². The summed E-state index contributed by atoms with van der Waals surface area (Å²) in [7, 11) is 0. The third kappa shape index (κ3) is 2.98. The number of aromatic nitrogens is 1. The lowest BCUT2D eigenvalue weighted by molar-refractivity contribution is -0.142. The first-order valence-electron chi connectivity index (χ1n) is 5.73. The number of nitrogens with zero attached hydrogens (tertiary/aromatic N) is 2. The molecule has 1 aliphatic rings. The van der Waals surface area contributed by atoms with Crippen molar-refractivity contribution in [2.75, 3.05) is 13.1 Å². The van der Waals surface area contributed by atoms with E-state index in [9.17, 15) is 9.59 Å². The van der Waals surface area contributed by atoms with Gasteiger partial charge in [-0.3, -0.25) is 9.59 Å². The van der Waals surface area contributed by atoms with Crippen LogP contribution in [-0.4, -0.2) is 40.0 Å². The molecule has 5 nitrogen and oxygen atoms in total. The minimum atomic E-state index is -0.881. The van der Waals surface area contributed by atoms with Gasteiger partial charge in [0.25, 0.3) is 5.91 Å². The van der Waals surface area contributed by atoms with E-state index >= 15 is 0 Å². The molecule has 2 heterocycles. The molecule has 0 aromatic carbocycles. The Hall–Kier alpha value is -1.33. The van der Waals surface area contributed by atoms with E-state index in [0.717, 1.165) is 0 Å². The second-order valence-corrected chi connectivity index (χ2v) is 5.41. The van der Waals surface area contributed by atoms with E-state index in [1.54, 1.807) is 0 Å². The van der Waals surface area contributed by atoms with Crippen LogP contribution in [0.15, 0.2) is 12.1 Å². The molecule has 0 spiro atoms. The highest BCUT2D eigenvalue weighted by Gasteiger charge is 2.37. The number of amides is 1. The van der Waals surface area contributed by atoms with Crippen molar-refractivity contribution in [1.29, 1.82) is 0 Å². The molecular formula is C12H12Cl2N2O3. The normalized spacial score (nSPS) is 22.6. The lowest BCUT2D eigenvalue weighted by Gasteiger charge is -2.16. The summed E-state index contributed by atoms with van der Waals surface area (Å²) in [4.78, 5) is 28.6. The van der Waals surface area contributed by atoms with Crippen LogP contribution in [0.3, 0.4) is 0 Å². The van der Waals surface area contributed by atoms with E-state index < -0.39 is 11.9 Å². The van der Waals surface area contributed by atoms with Gasteiger partial charge in [-0.25, -0.2) is 4.98 Å². The molecule has 0 unspecified atom stereocenters. The van der Waals surface area contributed by atoms with Crippen molar-refractivity contribution in [2.45, 2.75) is 6.92 Å². The number of carbonyl (C=O) groups excluding carboxylic acids is 1. The standard InChI is InChI=1S/C12H12Cl2N2O3/c1-6-4-16(5-8(6)12(18)19)11(17)7-2-9(13)15-10(14)3-7/h2-3,6,8H,4-5H2,1H3,(H,18,19)/t6-,8-/m1/s1. The van der Waals surface area contributed by atoms with Crippen molar-refractivity contribution in [3.8, 4) is 0 Å². The molecule has 7 heteroatoms. The number of carbonyl (C=O) groups is 2. The molecule has 0 bridgehead atoms. The summed E-state index contributed by atoms with van der Waals surface area (Å²) in [6, 6.07) is 2.85. The van der Waals surface area contributed by atoms with Crippen LogP contribution < -0.4 is 0 Å². The van der Waals surface area contributed by atoms with Crippen LogP contribution in [0.4, 0.5) is 0 Å². The fourth-order valence-corrected chi connectivity index (χ4v) is 2.69. The van der Waals surface area contributed by atoms with Crippen LogP contribution in [0, 0.1) is 11.8 Å². The number of carboxylic acid groups (broad SMARTS) is 1. The van der Waals surface area contributed by atoms with Crippen LogP contribution in [0.5, 0.6) is 0 Å². The predicted molar refractivity (Wildman–Crippen MR) is 70.5 cm³/mol. The smallest absolute Gasteiger partial charge is 0.308 e. The molecule has 102 valence electrons. The van der Waals surface area contributed by atoms with Crippen molar-refractivity contribution in [1.82, 2.24) is 9.88 Å². The first-order chi connectivity index (χ1) is 8.88. The zero-order valence-corrected chi connectivity index (χ0v) is 11.6. The summed E-state index contributed by atoms with van der Waals surface area (Å²) in [5, 5.41) is 9.33. The van der Waals surface area contributed by atoms with Crippen molar-refractivity contribution < 1.29 is 14.7 Å². The van der Waals surface area contributed by atoms with E-state index in [4.69, 9.17) is 28.3 Å². The third-order valence-electron chi connectivity index (χ3n) is 3.23. The Balaban J connectivity index is 2.19. The molecule has 19 heavy (non-hydrogen) atoms. The molecule has 1 saturated heterocycles. The number of hydrogen-bond acceptors (Lipinski definition) is 3. The first-order valence-corrected chi connectivity index (χ1v) is 6.49. The summed E-state index contributed by atoms with van der Waals surface area (Å²) < 4.78 is 0. The molecule has 1 amide bonds. The number of pyridine rings is 1. The Morgan fingerprint density at radius 2 is 1.89 bits per heavy atom. The number of hydrogen-bond donors (Lipinski definition) is 1. The van der Waals surface area contributed by atoms with Crippen LogP contribution in [0.2, 0.25) is 10.3 Å². The number of aliphatic carboxylic acids is 1. The van der Waals surface area contributed by atoms with Gasteiger partial charge in [0, 0.05) is 18.7 Å². The zero-order chi connectivity index (χ0) is 14.2. The van der Waals surface area contributed by atoms with Crippen molar-refractivity contribution in [2.24, 2.45) is 11.8 Å². The third-order valence-corrected chi connectivity index (χ3v) is 3.61. The number of likely N-dealkylation sites (tertiary alicyclic amines) is 1. The van der Waals surface area contributed by atoms with Crippen LogP contribution in [-0.2, 0) is 4.79 Å². The van der Waals surface area contributed by atoms with Gasteiger partial charge in [-0.2, -0.15) is 0 Å². The summed E-state index contributed by atoms with van der Waals surface area (Å²) in [6.07, 6.45) is 0. The summed E-state index contributed by atoms with van der Waals surface area (Å²) in [5.74, 6) is -1.76. The highest BCUT2D eigenvalue weighted by Crippen LogP contribution is 2.25. The largest absolute Gasteiger partial charge is 0.481 e. The predicted octanol–water partition coefficient (Wildman–Crippen LogP) is 2.18. The minimum Gasteiger partial charge on any atom is -0.481 e. The number of carboxylic acids is 1. The maximum atomic E-state index is 12.3. The monoisotopic (exact) mass is 302 g/mol. The van der Waals surface area contributed by atoms with E-state index in [0.29, 0.717) is 12.1 Å². The highest BCUT2D eigenvalue weighted by atomic mass is 35.5. The van der Waals surface area contributed by atoms with Crippen molar-refractivity contribution >= 4 is 35.1 Å². The Kier molecular flexibility index (Phi) is 3.96. The average molecular weight is 303 g/mol. The summed E-state index contributed by atoms with van der Waals surface area (Å²) in [6.45, 7) is 2.43. The second kappa shape index (κ2) is 5.35. The summed E-state index contributed by atoms with van der Waals surface area (Å²) in [5.41, 5.74) is 0.322. The highest BCUT2D eigenvalue weighted by molar-refractivity contribution is 6.33. The SMILES string of the molecule is C[C@@H]1CN(C(=O)c2cc(Cl)nc(Cl)c2)C[C@H]1C(=O)O. The molecule has 2 rings (SSSR count). The maximum absolute atomic E-state index is 12.3. The quantitative estimate of drug-likeness (QED) is 0.850. The van der Waals surface area contributed by atoms with E-state index in [-0.39, 0.29) is 28.7 Å². The van der Waals surface area contributed by atoms with Gasteiger partial charge < -0.3 is 10.0 Å². The Morgan fingerprint density at radius 1 is 1.32 bits per heavy atom. The molecule has 0 aliphatic carbocycles. The number of rotatable bonds is 2. The molecule has 0 saturated carbocycles. The molecule has 1 aromatic heterocycles. The van der Waals surface area contributed by atoms with Crippen molar-refractivity contribution in [3.05, 3.63) is 28.0 Å². The van der Waals surface area contributed by atoms with Crippen LogP contribution in [0.1, 0.15) is 17.3 Å². The van der Waals surface area contributed by atoms with Gasteiger partial charge in [0.05, 0.1) is 5.92 Å². The average Bonchev–Trinajstić information content (AvgIpc) is 2.69. The van der Waals surface area contributed by atoms with Gasteiger partial charge in [-0.1, -0.05) is 30.1 Å². The van der Waals surface area contributed by atoms with Gasteiger partial charge in [0.2, 0.25) is 0 Å². The zero-order valence-electron chi connectivity index (χ0n) is 10.1. The fraction of sp³-hybridized carbons (Fsp3) is 0.417. The maximum Gasteiger partial charge on any atom is 0.308 e. The van der Waals surface area contributed by atoms with E-state index in [1.807, 2.05) is 6.92 Å². The molecule has 1 aromatic rings. The number of halogens is 2. The first kappa shape index (κ1) is 14.1. The summed E-state index contributed by atoms with van der Waals surface area (Å²) >= 11 is 11.5. The topological polar surface area (TPSA) is 70.5 Å². The fourth-order valence-electron chi connectivity index (χ4n) is 2.23. The van der Waals surface area contributed by atoms with Gasteiger partial charge in [-0.05, 0) is 18.1 Å². The second-order valence-electron chi connectivity index (χ2n) is 4.63. The molecule has 2 atom stereocenters. The van der Waals surface area contributed by atoms with Gasteiger partial charge in [0.1, 0.15) is 10.3 Å². The van der Waals surface area contributed by atoms with E-state index in [1.165, 1.54) is 17.0 Å². The van der Waals surface area contributed by atoms with Gasteiger partial charge in [-0.15, -0.1) is 0 Å². The Labute approximate surface area is 120 Å². The Morgan fingerprint density at radius 3 is 2.37 bits per heavy atom. The van der Waals surface area contributed by atoms with Crippen molar-refractivity contribution in [3.63, 3.8) is 0 Å². The molecule has 0 radical (unpaired) electrons. The van der Waals surface area contributed by atoms with E-state index in [2.05, 4.69) is 4.98 Å². The lowest BCUT2D eigenvalue weighted by Crippen LogP contribution is -2.30. The molecule has 1 N–H and O–H groups in total. The molecular weight excluding hydrogens is 291 g/mol. The molecule has 1 aliphatic heterocycles. The minimum absolute atomic E-state index is 0.0748. The molecule has 1 fully saturated rings.